The molecule has 2 amide bonds. The van der Waals surface area contributed by atoms with Gasteiger partial charge in [0.2, 0.25) is 0 Å². The maximum absolute atomic E-state index is 11.9. The fraction of sp³-hybridized carbons (Fsp3) is 0.467. The van der Waals surface area contributed by atoms with Crippen LogP contribution in [-0.4, -0.2) is 23.7 Å². The Labute approximate surface area is 133 Å². The Morgan fingerprint density at radius 1 is 1.33 bits per heavy atom. The number of carboxylic acid groups (broad SMARTS) is 1. The molecule has 0 saturated heterocycles. The van der Waals surface area contributed by atoms with E-state index >= 15 is 0 Å². The lowest BCUT2D eigenvalue weighted by Crippen LogP contribution is -2.39. The van der Waals surface area contributed by atoms with Crippen molar-refractivity contribution in [2.45, 2.75) is 27.7 Å². The van der Waals surface area contributed by atoms with Crippen LogP contribution >= 0.6 is 15.9 Å². The van der Waals surface area contributed by atoms with Gasteiger partial charge in [-0.2, -0.15) is 0 Å². The van der Waals surface area contributed by atoms with Gasteiger partial charge in [0.15, 0.2) is 0 Å². The predicted octanol–water partition coefficient (Wildman–Crippen LogP) is 3.95. The predicted molar refractivity (Wildman–Crippen MR) is 86.7 cm³/mol. The molecule has 0 fully saturated rings. The molecule has 0 saturated carbocycles. The third kappa shape index (κ3) is 5.04. The number of rotatable bonds is 5. The molecule has 1 rings (SSSR count). The molecular formula is C15H21BrN2O3. The molecule has 0 unspecified atom stereocenters. The van der Waals surface area contributed by atoms with Crippen molar-refractivity contribution in [3.63, 3.8) is 0 Å². The van der Waals surface area contributed by atoms with E-state index in [2.05, 4.69) is 54.3 Å². The Bertz CT molecular complexity index is 542. The normalized spacial score (nSPS) is 11.3. The van der Waals surface area contributed by atoms with Gasteiger partial charge in [-0.05, 0) is 45.5 Å². The Morgan fingerprint density at radius 3 is 2.48 bits per heavy atom. The van der Waals surface area contributed by atoms with Crippen LogP contribution in [0.4, 0.5) is 10.5 Å². The molecule has 0 aliphatic heterocycles. The summed E-state index contributed by atoms with van der Waals surface area (Å²) in [6.07, 6.45) is 0. The maximum Gasteiger partial charge on any atom is 0.336 e. The van der Waals surface area contributed by atoms with Crippen molar-refractivity contribution in [1.82, 2.24) is 5.32 Å². The van der Waals surface area contributed by atoms with Crippen LogP contribution in [0, 0.1) is 11.3 Å². The van der Waals surface area contributed by atoms with Crippen LogP contribution in [0.2, 0.25) is 0 Å². The van der Waals surface area contributed by atoms with E-state index in [0.29, 0.717) is 22.6 Å². The molecule has 5 nitrogen and oxygen atoms in total. The Balaban J connectivity index is 2.68. The van der Waals surface area contributed by atoms with E-state index in [9.17, 15) is 9.59 Å². The lowest BCUT2D eigenvalue weighted by atomic mass is 9.81. The third-order valence-corrected chi connectivity index (χ3v) is 4.41. The van der Waals surface area contributed by atoms with Gasteiger partial charge in [0.1, 0.15) is 0 Å². The molecular weight excluding hydrogens is 336 g/mol. The fourth-order valence-electron chi connectivity index (χ4n) is 1.45. The summed E-state index contributed by atoms with van der Waals surface area (Å²) in [5.74, 6) is -0.615. The topological polar surface area (TPSA) is 78.4 Å². The average molecular weight is 357 g/mol. The highest BCUT2D eigenvalue weighted by Crippen LogP contribution is 2.25. The van der Waals surface area contributed by atoms with E-state index in [-0.39, 0.29) is 17.0 Å². The molecule has 1 aromatic rings. The number of urea groups is 1. The van der Waals surface area contributed by atoms with Gasteiger partial charge in [0, 0.05) is 16.7 Å². The number of aromatic carboxylic acids is 1. The Kier molecular flexibility index (Phi) is 5.78. The van der Waals surface area contributed by atoms with E-state index < -0.39 is 5.97 Å². The number of nitrogens with one attached hydrogen (secondary N) is 2. The van der Waals surface area contributed by atoms with Crippen LogP contribution in [-0.2, 0) is 0 Å². The van der Waals surface area contributed by atoms with E-state index in [1.54, 1.807) is 12.1 Å². The van der Waals surface area contributed by atoms with Gasteiger partial charge in [0.05, 0.1) is 5.56 Å². The Hall–Kier alpha value is -1.56. The van der Waals surface area contributed by atoms with Crippen LogP contribution in [0.5, 0.6) is 0 Å². The largest absolute Gasteiger partial charge is 0.478 e. The van der Waals surface area contributed by atoms with Gasteiger partial charge in [-0.1, -0.05) is 27.7 Å². The highest BCUT2D eigenvalue weighted by Gasteiger charge is 2.22. The number of carbonyl (C=O) groups is 2. The van der Waals surface area contributed by atoms with Crippen LogP contribution in [0.1, 0.15) is 38.1 Å². The molecule has 0 heterocycles. The lowest BCUT2D eigenvalue weighted by molar-refractivity contribution is 0.0696. The zero-order valence-corrected chi connectivity index (χ0v) is 14.2. The molecule has 116 valence electrons. The molecule has 0 spiro atoms. The summed E-state index contributed by atoms with van der Waals surface area (Å²) in [6.45, 7) is 8.92. The number of hydrogen-bond acceptors (Lipinski definition) is 2. The van der Waals surface area contributed by atoms with Gasteiger partial charge >= 0.3 is 12.0 Å². The number of hydrogen-bond donors (Lipinski definition) is 3. The molecule has 1 aromatic carbocycles. The molecule has 0 atom stereocenters. The van der Waals surface area contributed by atoms with Gasteiger partial charge in [-0.3, -0.25) is 0 Å². The first-order chi connectivity index (χ1) is 9.63. The first-order valence-electron chi connectivity index (χ1n) is 6.71. The highest BCUT2D eigenvalue weighted by molar-refractivity contribution is 9.10. The number of benzene rings is 1. The van der Waals surface area contributed by atoms with Gasteiger partial charge in [0.25, 0.3) is 0 Å². The van der Waals surface area contributed by atoms with Crippen molar-refractivity contribution in [2.24, 2.45) is 11.3 Å². The molecule has 21 heavy (non-hydrogen) atoms. The Morgan fingerprint density at radius 2 is 1.95 bits per heavy atom. The summed E-state index contributed by atoms with van der Waals surface area (Å²) in [5, 5.41) is 14.5. The van der Waals surface area contributed by atoms with Crippen LogP contribution < -0.4 is 10.6 Å². The van der Waals surface area contributed by atoms with Gasteiger partial charge in [-0.25, -0.2) is 9.59 Å². The minimum atomic E-state index is -1.05. The summed E-state index contributed by atoms with van der Waals surface area (Å²) in [5.41, 5.74) is 0.536. The number of carboxylic acids is 1. The van der Waals surface area contributed by atoms with Crippen molar-refractivity contribution in [1.29, 1.82) is 0 Å². The minimum absolute atomic E-state index is 0.0106. The van der Waals surface area contributed by atoms with E-state index in [0.717, 1.165) is 0 Å². The first kappa shape index (κ1) is 17.5. The molecule has 0 radical (unpaired) electrons. The maximum atomic E-state index is 11.9. The number of halogens is 1. The monoisotopic (exact) mass is 356 g/mol. The fourth-order valence-corrected chi connectivity index (χ4v) is 1.87. The quantitative estimate of drug-likeness (QED) is 0.747. The van der Waals surface area contributed by atoms with E-state index in [1.165, 1.54) is 6.07 Å². The average Bonchev–Trinajstić information content (AvgIpc) is 2.38. The second-order valence-corrected chi connectivity index (χ2v) is 6.81. The van der Waals surface area contributed by atoms with Gasteiger partial charge in [-0.15, -0.1) is 0 Å². The van der Waals surface area contributed by atoms with Crippen molar-refractivity contribution < 1.29 is 14.7 Å². The summed E-state index contributed by atoms with van der Waals surface area (Å²) in [4.78, 5) is 22.9. The van der Waals surface area contributed by atoms with E-state index in [1.807, 2.05) is 0 Å². The molecule has 0 aliphatic rings. The number of carbonyl (C=O) groups excluding carboxylic acids is 1. The summed E-state index contributed by atoms with van der Waals surface area (Å²) in [7, 11) is 0. The molecule has 3 N–H and O–H groups in total. The number of amides is 2. The molecule has 6 heteroatoms. The van der Waals surface area contributed by atoms with Crippen LogP contribution in [0.15, 0.2) is 22.7 Å². The zero-order valence-electron chi connectivity index (χ0n) is 12.7. The molecule has 0 aromatic heterocycles. The van der Waals surface area contributed by atoms with Crippen LogP contribution in [0.3, 0.4) is 0 Å². The zero-order chi connectivity index (χ0) is 16.2. The van der Waals surface area contributed by atoms with Crippen molar-refractivity contribution >= 4 is 33.6 Å². The van der Waals surface area contributed by atoms with Crippen molar-refractivity contribution in [3.05, 3.63) is 28.2 Å². The molecule has 0 bridgehead atoms. The van der Waals surface area contributed by atoms with E-state index in [4.69, 9.17) is 5.11 Å². The second-order valence-electron chi connectivity index (χ2n) is 5.95. The minimum Gasteiger partial charge on any atom is -0.478 e. The van der Waals surface area contributed by atoms with Gasteiger partial charge < -0.3 is 15.7 Å². The second kappa shape index (κ2) is 6.93. The highest BCUT2D eigenvalue weighted by atomic mass is 79.9. The van der Waals surface area contributed by atoms with Crippen LogP contribution in [0.25, 0.3) is 0 Å². The smallest absolute Gasteiger partial charge is 0.336 e. The van der Waals surface area contributed by atoms with Crippen molar-refractivity contribution in [2.75, 3.05) is 11.9 Å². The lowest BCUT2D eigenvalue weighted by Gasteiger charge is -2.29. The summed E-state index contributed by atoms with van der Waals surface area (Å²) >= 11 is 3.16. The first-order valence-corrected chi connectivity index (χ1v) is 7.50. The third-order valence-electron chi connectivity index (χ3n) is 3.72. The summed E-state index contributed by atoms with van der Waals surface area (Å²) < 4.78 is 0.474. The SMILES string of the molecule is CC(C)C(C)(C)CNC(=O)Nc1ccc(Br)c(C(=O)O)c1. The number of anilines is 1. The summed E-state index contributed by atoms with van der Waals surface area (Å²) in [6, 6.07) is 4.31. The molecule has 0 aliphatic carbocycles. The standard InChI is InChI=1S/C15H21BrN2O3/c1-9(2)15(3,4)8-17-14(21)18-10-5-6-12(16)11(7-10)13(19)20/h5-7,9H,8H2,1-4H3,(H,19,20)(H2,17,18,21). The van der Waals surface area contributed by atoms with Crippen molar-refractivity contribution in [3.8, 4) is 0 Å².